The number of hydrogen-bond acceptors (Lipinski definition) is 6. The minimum atomic E-state index is -0.670. The van der Waals surface area contributed by atoms with Gasteiger partial charge >= 0.3 is 0 Å². The molecule has 2 N–H and O–H groups in total. The number of benzene rings is 1. The van der Waals surface area contributed by atoms with Gasteiger partial charge in [-0.3, -0.25) is 24.8 Å². The maximum atomic E-state index is 13.0. The molecule has 0 radical (unpaired) electrons. The third-order valence-electron chi connectivity index (χ3n) is 3.64. The lowest BCUT2D eigenvalue weighted by Crippen LogP contribution is -2.52. The number of nitrogens with one attached hydrogen (secondary N) is 2. The zero-order valence-corrected chi connectivity index (χ0v) is 14.4. The van der Waals surface area contributed by atoms with Crippen LogP contribution in [0, 0.1) is 5.82 Å². The Morgan fingerprint density at radius 3 is 2.84 bits per heavy atom. The van der Waals surface area contributed by atoms with Crippen LogP contribution in [0.4, 0.5) is 10.1 Å². The van der Waals surface area contributed by atoms with E-state index in [4.69, 9.17) is 0 Å². The van der Waals surface area contributed by atoms with Gasteiger partial charge in [-0.1, -0.05) is 18.7 Å². The Balaban J connectivity index is 1.64. The van der Waals surface area contributed by atoms with Gasteiger partial charge in [-0.15, -0.1) is 0 Å². The highest BCUT2D eigenvalue weighted by molar-refractivity contribution is 8.14. The lowest BCUT2D eigenvalue weighted by Gasteiger charge is -2.31. The molecule has 2 aliphatic heterocycles. The monoisotopic (exact) mass is 363 g/mol. The van der Waals surface area contributed by atoms with Crippen molar-refractivity contribution in [1.82, 2.24) is 15.6 Å². The van der Waals surface area contributed by atoms with Crippen molar-refractivity contribution in [3.05, 3.63) is 42.5 Å². The molecule has 2 aliphatic rings. The minimum absolute atomic E-state index is 0.0711. The van der Waals surface area contributed by atoms with Crippen LogP contribution in [0.2, 0.25) is 0 Å². The van der Waals surface area contributed by atoms with E-state index in [1.807, 2.05) is 6.92 Å². The van der Waals surface area contributed by atoms with Crippen molar-refractivity contribution >= 4 is 34.4 Å². The number of amidine groups is 1. The van der Waals surface area contributed by atoms with Crippen molar-refractivity contribution in [3.8, 4) is 0 Å². The van der Waals surface area contributed by atoms with Gasteiger partial charge in [0.2, 0.25) is 12.1 Å². The lowest BCUT2D eigenvalue weighted by atomic mass is 10.2. The Morgan fingerprint density at radius 1 is 1.36 bits per heavy atom. The average Bonchev–Trinajstić information content (AvgIpc) is 3.03. The number of amides is 2. The van der Waals surface area contributed by atoms with E-state index in [2.05, 4.69) is 15.8 Å². The number of nitrogens with zero attached hydrogens (tertiary/aromatic N) is 3. The van der Waals surface area contributed by atoms with Gasteiger partial charge in [-0.05, 0) is 30.7 Å². The SMILES string of the molecule is CCCNC(=O)CSC1=NNC2C(=O)N(c3ccc(F)cc3)C=CN12. The molecule has 0 saturated heterocycles. The predicted octanol–water partition coefficient (Wildman–Crippen LogP) is 1.41. The molecule has 1 atom stereocenters. The number of hydrazone groups is 1. The molecule has 3 rings (SSSR count). The third kappa shape index (κ3) is 3.76. The zero-order chi connectivity index (χ0) is 17.8. The Bertz CT molecular complexity index is 722. The number of fused-ring (bicyclic) bond motifs is 1. The van der Waals surface area contributed by atoms with Gasteiger partial charge in [0.05, 0.1) is 5.75 Å². The molecule has 0 bridgehead atoms. The first-order valence-electron chi connectivity index (χ1n) is 7.88. The van der Waals surface area contributed by atoms with Gasteiger partial charge in [-0.25, -0.2) is 4.39 Å². The van der Waals surface area contributed by atoms with Crippen LogP contribution in [0.1, 0.15) is 13.3 Å². The highest BCUT2D eigenvalue weighted by Gasteiger charge is 2.38. The number of thioether (sulfide) groups is 1. The Labute approximate surface area is 148 Å². The van der Waals surface area contributed by atoms with Gasteiger partial charge in [-0.2, -0.15) is 5.10 Å². The summed E-state index contributed by atoms with van der Waals surface area (Å²) in [5.41, 5.74) is 3.35. The predicted molar refractivity (Wildman–Crippen MR) is 95.0 cm³/mol. The molecular weight excluding hydrogens is 345 g/mol. The van der Waals surface area contributed by atoms with Crippen molar-refractivity contribution in [3.63, 3.8) is 0 Å². The fraction of sp³-hybridized carbons (Fsp3) is 0.312. The van der Waals surface area contributed by atoms with E-state index in [1.165, 1.54) is 40.9 Å². The highest BCUT2D eigenvalue weighted by Crippen LogP contribution is 2.25. The second-order valence-electron chi connectivity index (χ2n) is 5.45. The zero-order valence-electron chi connectivity index (χ0n) is 13.6. The third-order valence-corrected chi connectivity index (χ3v) is 4.61. The Morgan fingerprint density at radius 2 is 2.12 bits per heavy atom. The van der Waals surface area contributed by atoms with Crippen LogP contribution in [-0.2, 0) is 9.59 Å². The molecule has 7 nitrogen and oxygen atoms in total. The van der Waals surface area contributed by atoms with Crippen LogP contribution in [-0.4, -0.2) is 40.3 Å². The first-order chi connectivity index (χ1) is 12.1. The van der Waals surface area contributed by atoms with Gasteiger partial charge < -0.3 is 5.32 Å². The largest absolute Gasteiger partial charge is 0.355 e. The van der Waals surface area contributed by atoms with E-state index in [-0.39, 0.29) is 23.4 Å². The molecule has 132 valence electrons. The standard InChI is InChI=1S/C16H18FN5O2S/c1-2-7-18-13(23)10-25-16-20-19-14-15(24)21(8-9-22(14)16)12-5-3-11(17)4-6-12/h3-6,8-9,14,19H,2,7,10H2,1H3,(H,18,23). The van der Waals surface area contributed by atoms with Gasteiger partial charge in [0.1, 0.15) is 5.82 Å². The van der Waals surface area contributed by atoms with Crippen LogP contribution in [0.3, 0.4) is 0 Å². The summed E-state index contributed by atoms with van der Waals surface area (Å²) in [5.74, 6) is -0.434. The van der Waals surface area contributed by atoms with E-state index in [0.717, 1.165) is 6.42 Å². The molecule has 1 aromatic rings. The molecule has 0 fully saturated rings. The van der Waals surface area contributed by atoms with Crippen molar-refractivity contribution in [2.75, 3.05) is 17.2 Å². The van der Waals surface area contributed by atoms with Crippen molar-refractivity contribution in [2.45, 2.75) is 19.5 Å². The molecule has 9 heteroatoms. The van der Waals surface area contributed by atoms with Crippen LogP contribution in [0.5, 0.6) is 0 Å². The summed E-state index contributed by atoms with van der Waals surface area (Å²) in [6.45, 7) is 2.63. The topological polar surface area (TPSA) is 77.0 Å². The Kier molecular flexibility index (Phi) is 5.22. The van der Waals surface area contributed by atoms with Crippen molar-refractivity contribution in [1.29, 1.82) is 0 Å². The number of carbonyl (C=O) groups excluding carboxylic acids is 2. The highest BCUT2D eigenvalue weighted by atomic mass is 32.2. The molecule has 0 aliphatic carbocycles. The van der Waals surface area contributed by atoms with Crippen molar-refractivity contribution < 1.29 is 14.0 Å². The number of halogens is 1. The van der Waals surface area contributed by atoms with Crippen LogP contribution < -0.4 is 15.6 Å². The molecular formula is C16H18FN5O2S. The fourth-order valence-corrected chi connectivity index (χ4v) is 3.18. The maximum absolute atomic E-state index is 13.0. The number of anilines is 1. The number of rotatable bonds is 5. The smallest absolute Gasteiger partial charge is 0.276 e. The van der Waals surface area contributed by atoms with E-state index >= 15 is 0 Å². The van der Waals surface area contributed by atoms with Crippen molar-refractivity contribution in [2.24, 2.45) is 5.10 Å². The summed E-state index contributed by atoms with van der Waals surface area (Å²) in [6.07, 6.45) is 3.53. The summed E-state index contributed by atoms with van der Waals surface area (Å²) in [6, 6.07) is 5.68. The summed E-state index contributed by atoms with van der Waals surface area (Å²) < 4.78 is 13.0. The molecule has 0 spiro atoms. The van der Waals surface area contributed by atoms with Gasteiger partial charge in [0, 0.05) is 24.6 Å². The molecule has 0 saturated carbocycles. The quantitative estimate of drug-likeness (QED) is 0.827. The summed E-state index contributed by atoms with van der Waals surface area (Å²) >= 11 is 1.26. The maximum Gasteiger partial charge on any atom is 0.276 e. The van der Waals surface area contributed by atoms with Gasteiger partial charge in [0.15, 0.2) is 5.17 Å². The molecule has 1 unspecified atom stereocenters. The molecule has 0 aromatic heterocycles. The summed E-state index contributed by atoms with van der Waals surface area (Å²) in [5, 5.41) is 7.49. The summed E-state index contributed by atoms with van der Waals surface area (Å²) in [7, 11) is 0. The van der Waals surface area contributed by atoms with Crippen LogP contribution >= 0.6 is 11.8 Å². The first-order valence-corrected chi connectivity index (χ1v) is 8.86. The fourth-order valence-electron chi connectivity index (χ4n) is 2.38. The second-order valence-corrected chi connectivity index (χ2v) is 6.40. The van der Waals surface area contributed by atoms with E-state index in [0.29, 0.717) is 17.4 Å². The molecule has 1 aromatic carbocycles. The molecule has 25 heavy (non-hydrogen) atoms. The Hall–Kier alpha value is -2.55. The van der Waals surface area contributed by atoms with E-state index in [9.17, 15) is 14.0 Å². The van der Waals surface area contributed by atoms with E-state index in [1.54, 1.807) is 17.3 Å². The number of hydrogen-bond donors (Lipinski definition) is 2. The summed E-state index contributed by atoms with van der Waals surface area (Å²) in [4.78, 5) is 27.4. The van der Waals surface area contributed by atoms with Crippen LogP contribution in [0.15, 0.2) is 41.8 Å². The molecule has 2 heterocycles. The number of carbonyl (C=O) groups is 2. The van der Waals surface area contributed by atoms with E-state index < -0.39 is 6.17 Å². The second kappa shape index (κ2) is 7.56. The first kappa shape index (κ1) is 17.3. The minimum Gasteiger partial charge on any atom is -0.355 e. The van der Waals surface area contributed by atoms with Gasteiger partial charge in [0.25, 0.3) is 5.91 Å². The molecule has 2 amide bonds. The van der Waals surface area contributed by atoms with Crippen LogP contribution in [0.25, 0.3) is 0 Å². The normalized spacial score (nSPS) is 18.7. The lowest BCUT2D eigenvalue weighted by molar-refractivity contribution is -0.122. The average molecular weight is 363 g/mol.